The van der Waals surface area contributed by atoms with Crippen LogP contribution in [0.15, 0.2) is 50.1 Å². The fourth-order valence-electron chi connectivity index (χ4n) is 2.07. The van der Waals surface area contributed by atoms with Crippen LogP contribution in [0.25, 0.3) is 0 Å². The maximum absolute atomic E-state index is 11.6. The second kappa shape index (κ2) is 13.8. The first-order valence-corrected chi connectivity index (χ1v) is 9.81. The molecule has 0 saturated heterocycles. The summed E-state index contributed by atoms with van der Waals surface area (Å²) in [4.78, 5) is 35.9. The Morgan fingerprint density at radius 2 is 1.67 bits per heavy atom. The van der Waals surface area contributed by atoms with Gasteiger partial charge in [0.05, 0.1) is 31.7 Å². The van der Waals surface area contributed by atoms with E-state index in [0.29, 0.717) is 24.6 Å². The summed E-state index contributed by atoms with van der Waals surface area (Å²) in [5, 5.41) is 21.2. The van der Waals surface area contributed by atoms with E-state index in [9.17, 15) is 9.59 Å². The largest absolute Gasteiger partial charge is 0.396 e. The van der Waals surface area contributed by atoms with Crippen molar-refractivity contribution in [2.75, 3.05) is 26.3 Å². The van der Waals surface area contributed by atoms with Gasteiger partial charge in [0.15, 0.2) is 0 Å². The number of carbonyl (C=O) groups excluding carboxylic acids is 2. The van der Waals surface area contributed by atoms with E-state index in [1.165, 1.54) is 17.4 Å². The molecule has 1 aromatic heterocycles. The molecule has 0 bridgehead atoms. The lowest BCUT2D eigenvalue weighted by Gasteiger charge is -2.20. The van der Waals surface area contributed by atoms with E-state index in [-0.39, 0.29) is 13.1 Å². The molecule has 0 aliphatic carbocycles. The van der Waals surface area contributed by atoms with Gasteiger partial charge in [0, 0.05) is 18.0 Å². The van der Waals surface area contributed by atoms with Gasteiger partial charge in [-0.1, -0.05) is 16.4 Å². The Morgan fingerprint density at radius 1 is 1.03 bits per heavy atom. The van der Waals surface area contributed by atoms with Gasteiger partial charge in [0.1, 0.15) is 24.6 Å². The quantitative estimate of drug-likeness (QED) is 0.214. The van der Waals surface area contributed by atoms with Crippen LogP contribution in [0.1, 0.15) is 19.4 Å². The maximum Gasteiger partial charge on any atom is 0.358 e. The van der Waals surface area contributed by atoms with Crippen molar-refractivity contribution in [1.29, 1.82) is 0 Å². The van der Waals surface area contributed by atoms with Gasteiger partial charge in [-0.15, -0.1) is 0 Å². The third-order valence-corrected chi connectivity index (χ3v) is 3.57. The number of urea groups is 2. The summed E-state index contributed by atoms with van der Waals surface area (Å²) >= 11 is 0. The standard InChI is InChI=1S/C12H14N6O2.C6H11N5O2/c1-2-20-15-8-11-9-18(12(19)17-16-11)14-7-10-4-3-5-13-6-10;1-2-13-8-3-5-4-11(7)6(12)10-9-5/h3-8H,2,9H2,1H3,(H,17,19);3H,2,4,7H2,1H3,(H,10,12)/b14-7+,15-8+;8-3+. The van der Waals surface area contributed by atoms with E-state index < -0.39 is 12.1 Å². The maximum atomic E-state index is 11.6. The average molecular weight is 459 g/mol. The molecule has 4 amide bonds. The summed E-state index contributed by atoms with van der Waals surface area (Å²) in [6.45, 7) is 5.05. The number of hydrazone groups is 3. The summed E-state index contributed by atoms with van der Waals surface area (Å²) in [5.74, 6) is 5.31. The van der Waals surface area contributed by atoms with Crippen LogP contribution >= 0.6 is 0 Å². The molecule has 3 rings (SSSR count). The third kappa shape index (κ3) is 9.09. The van der Waals surface area contributed by atoms with Crippen LogP contribution in [-0.4, -0.2) is 83.4 Å². The number of carbonyl (C=O) groups is 2. The SMILES string of the molecule is CCO/N=C/C1=NNC(=O)N(/N=C/c2cccnc2)C1.CCO/N=C/C1=NNC(=O)N(N)C1. The van der Waals surface area contributed by atoms with Crippen molar-refractivity contribution < 1.29 is 19.3 Å². The fraction of sp³-hybridized carbons (Fsp3) is 0.333. The molecule has 0 radical (unpaired) electrons. The number of nitrogens with zero attached hydrogens (tertiary/aromatic N) is 8. The van der Waals surface area contributed by atoms with Gasteiger partial charge in [-0.3, -0.25) is 9.99 Å². The van der Waals surface area contributed by atoms with Gasteiger partial charge in [-0.25, -0.2) is 31.3 Å². The summed E-state index contributed by atoms with van der Waals surface area (Å²) in [6, 6.07) is 2.79. The highest BCUT2D eigenvalue weighted by Gasteiger charge is 2.19. The van der Waals surface area contributed by atoms with Gasteiger partial charge >= 0.3 is 12.1 Å². The Labute approximate surface area is 189 Å². The van der Waals surface area contributed by atoms with Crippen LogP contribution in [0.2, 0.25) is 0 Å². The lowest BCUT2D eigenvalue weighted by molar-refractivity contribution is 0.160. The van der Waals surface area contributed by atoms with Gasteiger partial charge in [-0.05, 0) is 19.9 Å². The number of hydrogen-bond acceptors (Lipinski definition) is 11. The predicted octanol–water partition coefficient (Wildman–Crippen LogP) is 0.0826. The zero-order valence-electron chi connectivity index (χ0n) is 18.2. The van der Waals surface area contributed by atoms with E-state index in [0.717, 1.165) is 10.6 Å². The Morgan fingerprint density at radius 3 is 2.24 bits per heavy atom. The van der Waals surface area contributed by atoms with Crippen LogP contribution in [0.4, 0.5) is 9.59 Å². The molecular weight excluding hydrogens is 434 g/mol. The van der Waals surface area contributed by atoms with Crippen molar-refractivity contribution in [2.45, 2.75) is 13.8 Å². The number of amides is 4. The molecular formula is C18H25N11O4. The number of rotatable bonds is 8. The van der Waals surface area contributed by atoms with Crippen molar-refractivity contribution >= 4 is 42.1 Å². The molecule has 2 aliphatic rings. The number of hydrogen-bond donors (Lipinski definition) is 3. The van der Waals surface area contributed by atoms with Crippen LogP contribution in [0, 0.1) is 0 Å². The predicted molar refractivity (Wildman–Crippen MR) is 122 cm³/mol. The monoisotopic (exact) mass is 459 g/mol. The first-order chi connectivity index (χ1) is 16.0. The normalized spacial score (nSPS) is 16.2. The van der Waals surface area contributed by atoms with Crippen LogP contribution in [-0.2, 0) is 9.68 Å². The topological polar surface area (TPSA) is 184 Å². The van der Waals surface area contributed by atoms with E-state index >= 15 is 0 Å². The van der Waals surface area contributed by atoms with E-state index in [1.54, 1.807) is 24.7 Å². The average Bonchev–Trinajstić information content (AvgIpc) is 2.83. The highest BCUT2D eigenvalue weighted by molar-refractivity contribution is 6.32. The molecule has 0 atom stereocenters. The molecule has 0 saturated carbocycles. The van der Waals surface area contributed by atoms with Crippen LogP contribution in [0.5, 0.6) is 0 Å². The molecule has 15 nitrogen and oxygen atoms in total. The van der Waals surface area contributed by atoms with E-state index in [1.807, 2.05) is 19.9 Å². The van der Waals surface area contributed by atoms with Crippen molar-refractivity contribution in [3.8, 4) is 0 Å². The number of pyridine rings is 1. The summed E-state index contributed by atoms with van der Waals surface area (Å²) in [7, 11) is 0. The van der Waals surface area contributed by atoms with Gasteiger partial charge in [-0.2, -0.15) is 15.3 Å². The zero-order chi connectivity index (χ0) is 23.9. The molecule has 176 valence electrons. The molecule has 0 spiro atoms. The number of nitrogens with two attached hydrogens (primary N) is 1. The van der Waals surface area contributed by atoms with E-state index in [4.69, 9.17) is 15.5 Å². The van der Waals surface area contributed by atoms with Gasteiger partial charge in [0.25, 0.3) is 0 Å². The minimum absolute atomic E-state index is 0.221. The van der Waals surface area contributed by atoms with Crippen molar-refractivity contribution in [3.63, 3.8) is 0 Å². The fourth-order valence-corrected chi connectivity index (χ4v) is 2.07. The number of nitrogens with one attached hydrogen (secondary N) is 2. The highest BCUT2D eigenvalue weighted by Crippen LogP contribution is 1.99. The number of oxime groups is 2. The van der Waals surface area contributed by atoms with Crippen molar-refractivity contribution in [2.24, 2.45) is 31.5 Å². The third-order valence-electron chi connectivity index (χ3n) is 3.57. The van der Waals surface area contributed by atoms with Crippen LogP contribution in [0.3, 0.4) is 0 Å². The zero-order valence-corrected chi connectivity index (χ0v) is 18.2. The minimum atomic E-state index is -0.437. The molecule has 0 aromatic carbocycles. The number of aromatic nitrogens is 1. The summed E-state index contributed by atoms with van der Waals surface area (Å²) in [5.41, 5.74) is 6.44. The first kappa shape index (κ1) is 24.9. The molecule has 3 heterocycles. The van der Waals surface area contributed by atoms with Crippen LogP contribution < -0.4 is 16.7 Å². The van der Waals surface area contributed by atoms with Crippen molar-refractivity contribution in [1.82, 2.24) is 25.9 Å². The smallest absolute Gasteiger partial charge is 0.358 e. The molecule has 15 heteroatoms. The minimum Gasteiger partial charge on any atom is -0.396 e. The Bertz CT molecular complexity index is 931. The molecule has 2 aliphatic heterocycles. The summed E-state index contributed by atoms with van der Waals surface area (Å²) < 4.78 is 0. The number of hydrazine groups is 1. The Kier molecular flexibility index (Phi) is 10.4. The molecule has 4 N–H and O–H groups in total. The Hall–Kier alpha value is -4.40. The molecule has 0 unspecified atom stereocenters. The van der Waals surface area contributed by atoms with E-state index in [2.05, 4.69) is 41.5 Å². The lowest BCUT2D eigenvalue weighted by Crippen LogP contribution is -2.50. The molecule has 1 aromatic rings. The van der Waals surface area contributed by atoms with Crippen molar-refractivity contribution in [3.05, 3.63) is 30.1 Å². The van der Waals surface area contributed by atoms with Gasteiger partial charge in [0.2, 0.25) is 0 Å². The lowest BCUT2D eigenvalue weighted by atomic mass is 10.3. The second-order valence-corrected chi connectivity index (χ2v) is 6.06. The Balaban J connectivity index is 0.000000257. The molecule has 0 fully saturated rings. The van der Waals surface area contributed by atoms with Gasteiger partial charge < -0.3 is 9.68 Å². The summed E-state index contributed by atoms with van der Waals surface area (Å²) in [6.07, 6.45) is 7.71. The molecule has 33 heavy (non-hydrogen) atoms. The second-order valence-electron chi connectivity index (χ2n) is 6.06. The first-order valence-electron chi connectivity index (χ1n) is 9.81. The highest BCUT2D eigenvalue weighted by atomic mass is 16.6.